The molecule has 3 aromatic rings. The summed E-state index contributed by atoms with van der Waals surface area (Å²) in [5.74, 6) is -1.39. The van der Waals surface area contributed by atoms with Gasteiger partial charge >= 0.3 is 5.97 Å². The predicted octanol–water partition coefficient (Wildman–Crippen LogP) is 2.43. The first-order valence-corrected chi connectivity index (χ1v) is 8.69. The Morgan fingerprint density at radius 2 is 1.93 bits per heavy atom. The van der Waals surface area contributed by atoms with Crippen LogP contribution in [0.4, 0.5) is 0 Å². The monoisotopic (exact) mass is 395 g/mol. The lowest BCUT2D eigenvalue weighted by Gasteiger charge is -2.11. The number of nitrogens with two attached hydrogens (primary N) is 1. The van der Waals surface area contributed by atoms with Crippen molar-refractivity contribution < 1.29 is 14.3 Å². The highest BCUT2D eigenvalue weighted by Gasteiger charge is 2.31. The minimum atomic E-state index is -1.11. The number of carbonyl (C=O) groups excluding carboxylic acids is 2. The summed E-state index contributed by atoms with van der Waals surface area (Å²) in [6.45, 7) is 1.27. The topological polar surface area (TPSA) is 112 Å². The Bertz CT molecular complexity index is 1120. The molecule has 0 aliphatic carbocycles. The van der Waals surface area contributed by atoms with Crippen LogP contribution in [-0.4, -0.2) is 32.4 Å². The van der Waals surface area contributed by atoms with Crippen LogP contribution in [0.5, 0.6) is 0 Å². The van der Waals surface area contributed by atoms with Crippen LogP contribution < -0.4 is 5.73 Å². The molecular formula is C19H14ClN5O3. The molecule has 1 unspecified atom stereocenters. The lowest BCUT2D eigenvalue weighted by Crippen LogP contribution is -2.14. The van der Waals surface area contributed by atoms with Crippen LogP contribution >= 0.6 is 11.6 Å². The molecule has 1 atom stereocenters. The molecule has 4 rings (SSSR count). The molecule has 0 bridgehead atoms. The largest absolute Gasteiger partial charge is 0.432 e. The van der Waals surface area contributed by atoms with Crippen LogP contribution in [0.3, 0.4) is 0 Å². The number of benzene rings is 2. The standard InChI is InChI=1S/C19H14ClN5O3/c1-10(26)28-19-18-23-17(16(21)27)24-25(18)14-8-7-12(20)9-13(14)15(22-19)11-5-3-2-4-6-11/h2-9,19H,1H3,(H2,21,27). The summed E-state index contributed by atoms with van der Waals surface area (Å²) < 4.78 is 6.77. The molecule has 0 saturated heterocycles. The van der Waals surface area contributed by atoms with Crippen molar-refractivity contribution in [2.24, 2.45) is 10.7 Å². The molecule has 9 heteroatoms. The molecule has 28 heavy (non-hydrogen) atoms. The quantitative estimate of drug-likeness (QED) is 0.684. The number of aliphatic imine (C=N–C) groups is 1. The maximum atomic E-state index is 11.7. The molecule has 0 fully saturated rings. The number of esters is 1. The Morgan fingerprint density at radius 3 is 2.61 bits per heavy atom. The Kier molecular flexibility index (Phi) is 4.40. The molecule has 2 N–H and O–H groups in total. The van der Waals surface area contributed by atoms with Crippen LogP contribution in [0, 0.1) is 0 Å². The first-order valence-electron chi connectivity index (χ1n) is 8.31. The van der Waals surface area contributed by atoms with Crippen molar-refractivity contribution in [3.8, 4) is 5.69 Å². The first kappa shape index (κ1) is 17.9. The Balaban J connectivity index is 2.03. The zero-order valence-electron chi connectivity index (χ0n) is 14.7. The second-order valence-corrected chi connectivity index (χ2v) is 6.47. The average Bonchev–Trinajstić information content (AvgIpc) is 3.06. The van der Waals surface area contributed by atoms with E-state index in [9.17, 15) is 9.59 Å². The van der Waals surface area contributed by atoms with Crippen molar-refractivity contribution in [2.45, 2.75) is 13.2 Å². The van der Waals surface area contributed by atoms with E-state index in [-0.39, 0.29) is 11.6 Å². The van der Waals surface area contributed by atoms with Gasteiger partial charge in [-0.05, 0) is 18.2 Å². The van der Waals surface area contributed by atoms with E-state index in [4.69, 9.17) is 22.1 Å². The highest BCUT2D eigenvalue weighted by Crippen LogP contribution is 2.32. The van der Waals surface area contributed by atoms with Crippen molar-refractivity contribution in [2.75, 3.05) is 0 Å². The zero-order valence-corrected chi connectivity index (χ0v) is 15.4. The summed E-state index contributed by atoms with van der Waals surface area (Å²) in [6.07, 6.45) is -1.11. The average molecular weight is 396 g/mol. The van der Waals surface area contributed by atoms with Gasteiger partial charge in [0.1, 0.15) is 0 Å². The molecule has 1 aromatic heterocycles. The highest BCUT2D eigenvalue weighted by atomic mass is 35.5. The molecule has 2 aromatic carbocycles. The van der Waals surface area contributed by atoms with E-state index in [1.807, 2.05) is 30.3 Å². The van der Waals surface area contributed by atoms with Gasteiger partial charge in [-0.2, -0.15) is 0 Å². The van der Waals surface area contributed by atoms with Gasteiger partial charge < -0.3 is 10.5 Å². The second-order valence-electron chi connectivity index (χ2n) is 6.04. The molecular weight excluding hydrogens is 382 g/mol. The lowest BCUT2D eigenvalue weighted by molar-refractivity contribution is -0.146. The lowest BCUT2D eigenvalue weighted by atomic mass is 10.0. The highest BCUT2D eigenvalue weighted by molar-refractivity contribution is 6.31. The van der Waals surface area contributed by atoms with Crippen molar-refractivity contribution in [3.63, 3.8) is 0 Å². The Hall–Kier alpha value is -3.52. The third-order valence-corrected chi connectivity index (χ3v) is 4.32. The van der Waals surface area contributed by atoms with E-state index in [0.29, 0.717) is 22.0 Å². The number of nitrogens with zero attached hydrogens (tertiary/aromatic N) is 4. The fraction of sp³-hybridized carbons (Fsp3) is 0.105. The fourth-order valence-corrected chi connectivity index (χ4v) is 3.13. The molecule has 0 radical (unpaired) electrons. The van der Waals surface area contributed by atoms with Crippen LogP contribution in [0.25, 0.3) is 5.69 Å². The van der Waals surface area contributed by atoms with E-state index in [0.717, 1.165) is 5.56 Å². The van der Waals surface area contributed by atoms with Crippen molar-refractivity contribution in [1.82, 2.24) is 14.8 Å². The number of hydrogen-bond donors (Lipinski definition) is 1. The van der Waals surface area contributed by atoms with Crippen LogP contribution in [-0.2, 0) is 9.53 Å². The number of rotatable bonds is 3. The van der Waals surface area contributed by atoms with Gasteiger partial charge in [-0.25, -0.2) is 14.7 Å². The number of fused-ring (bicyclic) bond motifs is 3. The van der Waals surface area contributed by atoms with E-state index in [1.165, 1.54) is 11.6 Å². The SMILES string of the molecule is CC(=O)OC1N=C(c2ccccc2)c2cc(Cl)ccc2-n2nc(C(N)=O)nc21. The number of amides is 1. The first-order chi connectivity index (χ1) is 13.4. The molecule has 0 saturated carbocycles. The minimum Gasteiger partial charge on any atom is -0.432 e. The summed E-state index contributed by atoms with van der Waals surface area (Å²) in [5, 5.41) is 4.68. The van der Waals surface area contributed by atoms with Crippen LogP contribution in [0.15, 0.2) is 53.5 Å². The number of aromatic nitrogens is 3. The van der Waals surface area contributed by atoms with Crippen molar-refractivity contribution in [1.29, 1.82) is 0 Å². The van der Waals surface area contributed by atoms with Crippen LogP contribution in [0.1, 0.15) is 40.7 Å². The maximum Gasteiger partial charge on any atom is 0.304 e. The second kappa shape index (κ2) is 6.90. The van der Waals surface area contributed by atoms with Gasteiger partial charge in [-0.1, -0.05) is 41.9 Å². The van der Waals surface area contributed by atoms with E-state index < -0.39 is 18.1 Å². The molecule has 2 heterocycles. The predicted molar refractivity (Wildman–Crippen MR) is 101 cm³/mol. The van der Waals surface area contributed by atoms with E-state index in [2.05, 4.69) is 15.1 Å². The molecule has 1 aliphatic heterocycles. The van der Waals surface area contributed by atoms with Crippen LogP contribution in [0.2, 0.25) is 5.02 Å². The third kappa shape index (κ3) is 3.14. The summed E-state index contributed by atoms with van der Waals surface area (Å²) in [6, 6.07) is 14.5. The van der Waals surface area contributed by atoms with Gasteiger partial charge in [0.15, 0.2) is 5.82 Å². The number of primary amides is 1. The van der Waals surface area contributed by atoms with Crippen molar-refractivity contribution in [3.05, 3.63) is 76.3 Å². The van der Waals surface area contributed by atoms with Gasteiger partial charge in [-0.15, -0.1) is 5.10 Å². The van der Waals surface area contributed by atoms with E-state index >= 15 is 0 Å². The molecule has 0 spiro atoms. The van der Waals surface area contributed by atoms with Gasteiger partial charge in [0, 0.05) is 23.1 Å². The summed E-state index contributed by atoms with van der Waals surface area (Å²) in [4.78, 5) is 32.1. The normalized spacial score (nSPS) is 15.1. The smallest absolute Gasteiger partial charge is 0.304 e. The number of hydrogen-bond acceptors (Lipinski definition) is 6. The number of ether oxygens (including phenoxy) is 1. The minimum absolute atomic E-state index is 0.165. The summed E-state index contributed by atoms with van der Waals surface area (Å²) in [5.41, 5.74) is 7.91. The van der Waals surface area contributed by atoms with Gasteiger partial charge in [0.25, 0.3) is 12.1 Å². The molecule has 1 aliphatic rings. The van der Waals surface area contributed by atoms with Crippen molar-refractivity contribution >= 4 is 29.2 Å². The maximum absolute atomic E-state index is 11.7. The Labute approximate surface area is 164 Å². The van der Waals surface area contributed by atoms with E-state index in [1.54, 1.807) is 18.2 Å². The number of halogens is 1. The number of carbonyl (C=O) groups is 2. The fourth-order valence-electron chi connectivity index (χ4n) is 2.96. The summed E-state index contributed by atoms with van der Waals surface area (Å²) >= 11 is 6.23. The third-order valence-electron chi connectivity index (χ3n) is 4.09. The molecule has 8 nitrogen and oxygen atoms in total. The Morgan fingerprint density at radius 1 is 1.18 bits per heavy atom. The van der Waals surface area contributed by atoms with Gasteiger partial charge in [0.05, 0.1) is 11.4 Å². The zero-order chi connectivity index (χ0) is 19.8. The van der Waals surface area contributed by atoms with Gasteiger partial charge in [0.2, 0.25) is 5.82 Å². The van der Waals surface area contributed by atoms with Gasteiger partial charge in [-0.3, -0.25) is 9.59 Å². The molecule has 140 valence electrons. The summed E-state index contributed by atoms with van der Waals surface area (Å²) in [7, 11) is 0. The molecule has 1 amide bonds.